The second-order valence-electron chi connectivity index (χ2n) is 4.46. The Morgan fingerprint density at radius 2 is 2.20 bits per heavy atom. The number of hydrogen-bond acceptors (Lipinski definition) is 2. The number of ether oxygens (including phenoxy) is 1. The average Bonchev–Trinajstić information content (AvgIpc) is 3.07. The van der Waals surface area contributed by atoms with Crippen molar-refractivity contribution in [2.75, 3.05) is 6.61 Å². The van der Waals surface area contributed by atoms with Gasteiger partial charge in [0, 0.05) is 5.92 Å². The molecule has 2 heteroatoms. The van der Waals surface area contributed by atoms with Gasteiger partial charge < -0.3 is 4.74 Å². The maximum Gasteiger partial charge on any atom is 0.313 e. The molecule has 78 valence electrons. The van der Waals surface area contributed by atoms with E-state index >= 15 is 0 Å². The molecule has 2 saturated carbocycles. The van der Waals surface area contributed by atoms with Crippen LogP contribution in [0.15, 0.2) is 30.3 Å². The molecule has 15 heavy (non-hydrogen) atoms. The first-order valence-corrected chi connectivity index (χ1v) is 5.53. The zero-order valence-electron chi connectivity index (χ0n) is 8.77. The summed E-state index contributed by atoms with van der Waals surface area (Å²) < 4.78 is 5.12. The van der Waals surface area contributed by atoms with Crippen LogP contribution in [0.25, 0.3) is 0 Å². The van der Waals surface area contributed by atoms with Crippen molar-refractivity contribution in [3.8, 4) is 0 Å². The van der Waals surface area contributed by atoms with Crippen molar-refractivity contribution in [1.82, 2.24) is 0 Å². The third-order valence-electron chi connectivity index (χ3n) is 3.72. The van der Waals surface area contributed by atoms with Crippen molar-refractivity contribution in [3.05, 3.63) is 35.9 Å². The highest BCUT2D eigenvalue weighted by Crippen LogP contribution is 2.84. The third kappa shape index (κ3) is 1.08. The topological polar surface area (TPSA) is 26.3 Å². The highest BCUT2D eigenvalue weighted by atomic mass is 16.5. The van der Waals surface area contributed by atoms with Gasteiger partial charge in [0.2, 0.25) is 0 Å². The molecule has 0 bridgehead atoms. The molecule has 1 aromatic carbocycles. The fourth-order valence-electron chi connectivity index (χ4n) is 2.73. The van der Waals surface area contributed by atoms with Gasteiger partial charge in [-0.1, -0.05) is 30.3 Å². The smallest absolute Gasteiger partial charge is 0.313 e. The number of rotatable bonds is 3. The fraction of sp³-hybridized carbons (Fsp3) is 0.462. The van der Waals surface area contributed by atoms with E-state index < -0.39 is 0 Å². The number of carbonyl (C=O) groups excluding carboxylic acids is 1. The lowest BCUT2D eigenvalue weighted by Gasteiger charge is -2.10. The molecule has 2 fully saturated rings. The van der Waals surface area contributed by atoms with Crippen LogP contribution in [-0.4, -0.2) is 12.6 Å². The Hall–Kier alpha value is -1.31. The maximum absolute atomic E-state index is 11.7. The fourth-order valence-corrected chi connectivity index (χ4v) is 2.73. The first-order chi connectivity index (χ1) is 7.30. The summed E-state index contributed by atoms with van der Waals surface area (Å²) >= 11 is 0. The van der Waals surface area contributed by atoms with Crippen molar-refractivity contribution in [1.29, 1.82) is 0 Å². The van der Waals surface area contributed by atoms with Crippen LogP contribution in [0.4, 0.5) is 0 Å². The molecule has 0 aromatic heterocycles. The first-order valence-electron chi connectivity index (χ1n) is 5.53. The van der Waals surface area contributed by atoms with E-state index in [2.05, 4.69) is 12.1 Å². The lowest BCUT2D eigenvalue weighted by atomic mass is 9.97. The molecule has 0 spiro atoms. The Kier molecular flexibility index (Phi) is 1.70. The van der Waals surface area contributed by atoms with Crippen molar-refractivity contribution in [3.63, 3.8) is 0 Å². The van der Waals surface area contributed by atoms with Gasteiger partial charge in [0.05, 0.1) is 12.0 Å². The summed E-state index contributed by atoms with van der Waals surface area (Å²) in [7, 11) is 0. The van der Waals surface area contributed by atoms with Crippen LogP contribution < -0.4 is 0 Å². The molecule has 0 heterocycles. The van der Waals surface area contributed by atoms with Gasteiger partial charge in [-0.25, -0.2) is 0 Å². The Labute approximate surface area is 89.2 Å². The largest absolute Gasteiger partial charge is 0.466 e. The molecule has 0 radical (unpaired) electrons. The Morgan fingerprint density at radius 3 is 2.80 bits per heavy atom. The molecule has 0 unspecified atom stereocenters. The van der Waals surface area contributed by atoms with Crippen LogP contribution in [0, 0.1) is 11.3 Å². The summed E-state index contributed by atoms with van der Waals surface area (Å²) in [6, 6.07) is 10.3. The van der Waals surface area contributed by atoms with Crippen molar-refractivity contribution >= 4 is 5.97 Å². The molecule has 0 N–H and O–H groups in total. The normalized spacial score (nSPS) is 35.5. The van der Waals surface area contributed by atoms with Crippen LogP contribution in [0.5, 0.6) is 0 Å². The van der Waals surface area contributed by atoms with E-state index in [1.54, 1.807) is 0 Å². The number of esters is 1. The van der Waals surface area contributed by atoms with E-state index in [-0.39, 0.29) is 11.4 Å². The van der Waals surface area contributed by atoms with Crippen LogP contribution in [0.3, 0.4) is 0 Å². The third-order valence-corrected chi connectivity index (χ3v) is 3.72. The quantitative estimate of drug-likeness (QED) is 0.703. The number of benzene rings is 1. The summed E-state index contributed by atoms with van der Waals surface area (Å²) in [5.74, 6) is 1.03. The number of fused-ring (bicyclic) bond motifs is 1. The van der Waals surface area contributed by atoms with Gasteiger partial charge in [-0.05, 0) is 24.8 Å². The highest BCUT2D eigenvalue weighted by molar-refractivity contribution is 5.88. The minimum atomic E-state index is -0.114. The molecular formula is C13H14O2. The minimum Gasteiger partial charge on any atom is -0.466 e. The Balaban J connectivity index is 1.77. The standard InChI is InChI=1S/C13H14O2/c1-2-15-12(14)13-8-10(13)11(13)9-6-4-3-5-7-9/h3-7,10-11H,2,8H2,1H3/t10-,11-,13+/m1/s1. The Morgan fingerprint density at radius 1 is 1.47 bits per heavy atom. The zero-order chi connectivity index (χ0) is 10.5. The average molecular weight is 202 g/mol. The van der Waals surface area contributed by atoms with E-state index in [0.29, 0.717) is 18.4 Å². The summed E-state index contributed by atoms with van der Waals surface area (Å²) in [6.45, 7) is 2.36. The van der Waals surface area contributed by atoms with E-state index in [1.807, 2.05) is 25.1 Å². The molecule has 3 rings (SSSR count). The lowest BCUT2D eigenvalue weighted by Crippen LogP contribution is -2.15. The highest BCUT2D eigenvalue weighted by Gasteiger charge is 2.84. The van der Waals surface area contributed by atoms with E-state index in [4.69, 9.17) is 4.74 Å². The van der Waals surface area contributed by atoms with Gasteiger partial charge in [-0.15, -0.1) is 0 Å². The number of carbonyl (C=O) groups is 1. The predicted molar refractivity (Wildman–Crippen MR) is 56.4 cm³/mol. The molecule has 2 nitrogen and oxygen atoms in total. The van der Waals surface area contributed by atoms with Crippen molar-refractivity contribution in [2.45, 2.75) is 19.3 Å². The number of hydrogen-bond donors (Lipinski definition) is 0. The van der Waals surface area contributed by atoms with Gasteiger partial charge >= 0.3 is 5.97 Å². The zero-order valence-corrected chi connectivity index (χ0v) is 8.77. The predicted octanol–water partition coefficient (Wildman–Crippen LogP) is 2.35. The second kappa shape index (κ2) is 2.84. The first kappa shape index (κ1) is 8.96. The van der Waals surface area contributed by atoms with Gasteiger partial charge in [0.15, 0.2) is 0 Å². The SMILES string of the molecule is CCOC(=O)[C@@]12C[C@@H]1[C@H]2c1ccccc1. The molecule has 0 amide bonds. The molecule has 1 aromatic rings. The van der Waals surface area contributed by atoms with E-state index in [9.17, 15) is 4.79 Å². The van der Waals surface area contributed by atoms with E-state index in [1.165, 1.54) is 5.56 Å². The maximum atomic E-state index is 11.7. The van der Waals surface area contributed by atoms with Crippen molar-refractivity contribution < 1.29 is 9.53 Å². The summed E-state index contributed by atoms with van der Waals surface area (Å²) in [4.78, 5) is 11.7. The van der Waals surface area contributed by atoms with Gasteiger partial charge in [-0.3, -0.25) is 4.79 Å². The molecule has 0 aliphatic heterocycles. The van der Waals surface area contributed by atoms with Crippen LogP contribution in [-0.2, 0) is 9.53 Å². The second-order valence-corrected chi connectivity index (χ2v) is 4.46. The van der Waals surface area contributed by atoms with Gasteiger partial charge in [-0.2, -0.15) is 0 Å². The lowest BCUT2D eigenvalue weighted by molar-refractivity contribution is -0.147. The molecular weight excluding hydrogens is 188 g/mol. The summed E-state index contributed by atoms with van der Waals surface area (Å²) in [5, 5.41) is 0. The van der Waals surface area contributed by atoms with Crippen molar-refractivity contribution in [2.24, 2.45) is 11.3 Å². The monoisotopic (exact) mass is 202 g/mol. The summed E-state index contributed by atoms with van der Waals surface area (Å²) in [5.41, 5.74) is 1.18. The molecule has 3 atom stereocenters. The Bertz CT molecular complexity index is 398. The molecule has 0 saturated heterocycles. The molecule has 2 aliphatic carbocycles. The summed E-state index contributed by atoms with van der Waals surface area (Å²) in [6.07, 6.45) is 1.03. The van der Waals surface area contributed by atoms with Crippen LogP contribution >= 0.6 is 0 Å². The minimum absolute atomic E-state index is 0.0175. The van der Waals surface area contributed by atoms with Crippen LogP contribution in [0.2, 0.25) is 0 Å². The van der Waals surface area contributed by atoms with Gasteiger partial charge in [0.1, 0.15) is 0 Å². The van der Waals surface area contributed by atoms with E-state index in [0.717, 1.165) is 6.42 Å². The molecule has 2 aliphatic rings. The van der Waals surface area contributed by atoms with Crippen LogP contribution in [0.1, 0.15) is 24.8 Å². The van der Waals surface area contributed by atoms with Gasteiger partial charge in [0.25, 0.3) is 0 Å².